The van der Waals surface area contributed by atoms with E-state index in [2.05, 4.69) is 24.1 Å². The fourth-order valence-corrected chi connectivity index (χ4v) is 4.29. The van der Waals surface area contributed by atoms with Gasteiger partial charge in [0.15, 0.2) is 0 Å². The molecule has 2 aliphatic carbocycles. The van der Waals surface area contributed by atoms with Gasteiger partial charge in [-0.15, -0.1) is 0 Å². The van der Waals surface area contributed by atoms with Crippen molar-refractivity contribution in [3.8, 4) is 0 Å². The third-order valence-electron chi connectivity index (χ3n) is 5.66. The smallest absolute Gasteiger partial charge is 0.0224 e. The summed E-state index contributed by atoms with van der Waals surface area (Å²) in [6, 6.07) is 2.44. The summed E-state index contributed by atoms with van der Waals surface area (Å²) in [5.41, 5.74) is 0. The van der Waals surface area contributed by atoms with E-state index in [0.717, 1.165) is 30.0 Å². The van der Waals surface area contributed by atoms with Crippen LogP contribution in [0.25, 0.3) is 0 Å². The minimum atomic E-state index is 0.747. The molecule has 0 bridgehead atoms. The van der Waals surface area contributed by atoms with Gasteiger partial charge < -0.3 is 5.32 Å². The third kappa shape index (κ3) is 2.60. The summed E-state index contributed by atoms with van der Waals surface area (Å²) in [6.45, 7) is 7.37. The summed E-state index contributed by atoms with van der Waals surface area (Å²) in [5, 5.41) is 3.79. The van der Waals surface area contributed by atoms with E-state index in [1.807, 2.05) is 0 Å². The predicted octanol–water partition coefficient (Wildman–Crippen LogP) is 3.03. The summed E-state index contributed by atoms with van der Waals surface area (Å²) in [6.07, 6.45) is 10.2. The van der Waals surface area contributed by atoms with E-state index in [1.54, 1.807) is 0 Å². The summed E-state index contributed by atoms with van der Waals surface area (Å²) in [4.78, 5) is 2.88. The molecule has 0 amide bonds. The molecule has 0 aromatic carbocycles. The lowest BCUT2D eigenvalue weighted by atomic mass is 9.81. The van der Waals surface area contributed by atoms with Crippen LogP contribution in [0.3, 0.4) is 0 Å². The number of nitrogens with zero attached hydrogens (tertiary/aromatic N) is 1. The van der Waals surface area contributed by atoms with Crippen LogP contribution in [-0.2, 0) is 0 Å². The predicted molar refractivity (Wildman–Crippen MR) is 76.7 cm³/mol. The Morgan fingerprint density at radius 3 is 2.61 bits per heavy atom. The van der Waals surface area contributed by atoms with Crippen molar-refractivity contribution in [2.75, 3.05) is 13.1 Å². The van der Waals surface area contributed by atoms with Crippen LogP contribution < -0.4 is 5.32 Å². The Labute approximate surface area is 113 Å². The molecule has 1 N–H and O–H groups in total. The molecule has 104 valence electrons. The highest BCUT2D eigenvalue weighted by Gasteiger charge is 2.40. The molecular formula is C16H30N2. The van der Waals surface area contributed by atoms with E-state index in [4.69, 9.17) is 0 Å². The van der Waals surface area contributed by atoms with Crippen molar-refractivity contribution >= 4 is 0 Å². The molecule has 2 heteroatoms. The van der Waals surface area contributed by atoms with Crippen LogP contribution in [0.2, 0.25) is 0 Å². The van der Waals surface area contributed by atoms with Crippen LogP contribution in [0.1, 0.15) is 58.8 Å². The molecule has 18 heavy (non-hydrogen) atoms. The topological polar surface area (TPSA) is 15.3 Å². The normalized spacial score (nSPS) is 43.0. The lowest BCUT2D eigenvalue weighted by Gasteiger charge is -2.47. The van der Waals surface area contributed by atoms with Gasteiger partial charge in [0.1, 0.15) is 0 Å². The van der Waals surface area contributed by atoms with Crippen LogP contribution in [0.15, 0.2) is 0 Å². The van der Waals surface area contributed by atoms with Gasteiger partial charge >= 0.3 is 0 Å². The van der Waals surface area contributed by atoms with Crippen molar-refractivity contribution in [2.45, 2.75) is 76.9 Å². The average Bonchev–Trinajstić information content (AvgIpc) is 3.24. The first kappa shape index (κ1) is 12.9. The fraction of sp³-hybridized carbons (Fsp3) is 1.00. The van der Waals surface area contributed by atoms with Gasteiger partial charge in [-0.3, -0.25) is 4.90 Å². The molecule has 4 unspecified atom stereocenters. The van der Waals surface area contributed by atoms with Gasteiger partial charge in [0.25, 0.3) is 0 Å². The zero-order valence-corrected chi connectivity index (χ0v) is 12.2. The van der Waals surface area contributed by atoms with Crippen LogP contribution in [0, 0.1) is 11.8 Å². The number of rotatable bonds is 3. The lowest BCUT2D eigenvalue weighted by molar-refractivity contribution is 0.0324. The monoisotopic (exact) mass is 250 g/mol. The van der Waals surface area contributed by atoms with E-state index >= 15 is 0 Å². The van der Waals surface area contributed by atoms with Crippen LogP contribution in [-0.4, -0.2) is 36.1 Å². The van der Waals surface area contributed by atoms with E-state index in [9.17, 15) is 0 Å². The van der Waals surface area contributed by atoms with Gasteiger partial charge in [-0.2, -0.15) is 0 Å². The average molecular weight is 250 g/mol. The van der Waals surface area contributed by atoms with Crippen molar-refractivity contribution in [1.29, 1.82) is 0 Å². The second-order valence-corrected chi connectivity index (χ2v) is 6.92. The van der Waals surface area contributed by atoms with Gasteiger partial charge in [0, 0.05) is 31.2 Å². The Hall–Kier alpha value is -0.0800. The minimum Gasteiger partial charge on any atom is -0.311 e. The molecule has 1 heterocycles. The highest BCUT2D eigenvalue weighted by atomic mass is 15.3. The van der Waals surface area contributed by atoms with Gasteiger partial charge in [0.05, 0.1) is 0 Å². The van der Waals surface area contributed by atoms with E-state index in [-0.39, 0.29) is 0 Å². The first-order valence-corrected chi connectivity index (χ1v) is 8.28. The summed E-state index contributed by atoms with van der Waals surface area (Å²) in [5.74, 6) is 1.97. The quantitative estimate of drug-likeness (QED) is 0.828. The molecule has 3 rings (SSSR count). The number of hydrogen-bond donors (Lipinski definition) is 1. The maximum absolute atomic E-state index is 3.79. The largest absolute Gasteiger partial charge is 0.311 e. The molecule has 3 aliphatic rings. The Kier molecular flexibility index (Phi) is 3.95. The first-order valence-electron chi connectivity index (χ1n) is 8.28. The molecule has 0 spiro atoms. The Bertz CT molecular complexity index is 274. The van der Waals surface area contributed by atoms with Crippen LogP contribution >= 0.6 is 0 Å². The molecule has 4 atom stereocenters. The van der Waals surface area contributed by atoms with Crippen LogP contribution in [0.4, 0.5) is 0 Å². The molecule has 2 saturated carbocycles. The fourth-order valence-electron chi connectivity index (χ4n) is 4.29. The van der Waals surface area contributed by atoms with E-state index in [1.165, 1.54) is 58.0 Å². The second-order valence-electron chi connectivity index (χ2n) is 6.92. The summed E-state index contributed by atoms with van der Waals surface area (Å²) >= 11 is 0. The van der Waals surface area contributed by atoms with Crippen molar-refractivity contribution in [3.05, 3.63) is 0 Å². The zero-order valence-electron chi connectivity index (χ0n) is 12.2. The Morgan fingerprint density at radius 2 is 1.89 bits per heavy atom. The number of hydrogen-bond acceptors (Lipinski definition) is 2. The van der Waals surface area contributed by atoms with Crippen molar-refractivity contribution in [2.24, 2.45) is 11.8 Å². The maximum atomic E-state index is 3.79. The molecule has 1 aliphatic heterocycles. The molecule has 0 aromatic rings. The molecule has 2 nitrogen and oxygen atoms in total. The Balaban J connectivity index is 1.67. The van der Waals surface area contributed by atoms with Crippen molar-refractivity contribution in [1.82, 2.24) is 10.2 Å². The van der Waals surface area contributed by atoms with Gasteiger partial charge in [-0.25, -0.2) is 0 Å². The Morgan fingerprint density at radius 1 is 1.11 bits per heavy atom. The van der Waals surface area contributed by atoms with Gasteiger partial charge in [-0.1, -0.05) is 26.2 Å². The van der Waals surface area contributed by atoms with Gasteiger partial charge in [0.2, 0.25) is 0 Å². The number of piperazine rings is 1. The maximum Gasteiger partial charge on any atom is 0.0224 e. The lowest BCUT2D eigenvalue weighted by Crippen LogP contribution is -2.60. The van der Waals surface area contributed by atoms with E-state index in [0.29, 0.717) is 0 Å². The van der Waals surface area contributed by atoms with Crippen molar-refractivity contribution < 1.29 is 0 Å². The number of nitrogens with one attached hydrogen (secondary N) is 1. The summed E-state index contributed by atoms with van der Waals surface area (Å²) in [7, 11) is 0. The first-order chi connectivity index (χ1) is 8.79. The molecule has 0 radical (unpaired) electrons. The van der Waals surface area contributed by atoms with Crippen molar-refractivity contribution in [3.63, 3.8) is 0 Å². The highest BCUT2D eigenvalue weighted by Crippen LogP contribution is 2.37. The third-order valence-corrected chi connectivity index (χ3v) is 5.66. The standard InChI is InChI=1S/C16H30N2/c1-3-13-6-4-5-7-16(13)18-11-15(14-8-9-14)17-10-12(18)2/h12-17H,3-11H2,1-2H3. The SMILES string of the molecule is CCC1CCCCC1N1CC(C2CC2)NCC1C. The molecular weight excluding hydrogens is 220 g/mol. The zero-order chi connectivity index (χ0) is 12.5. The second kappa shape index (κ2) is 5.50. The van der Waals surface area contributed by atoms with E-state index < -0.39 is 0 Å². The summed E-state index contributed by atoms with van der Waals surface area (Å²) < 4.78 is 0. The highest BCUT2D eigenvalue weighted by molar-refractivity contribution is 4.97. The molecule has 1 saturated heterocycles. The van der Waals surface area contributed by atoms with Gasteiger partial charge in [-0.05, 0) is 44.4 Å². The molecule has 3 fully saturated rings. The minimum absolute atomic E-state index is 0.747. The van der Waals surface area contributed by atoms with Crippen LogP contribution in [0.5, 0.6) is 0 Å². The molecule has 0 aromatic heterocycles.